The highest BCUT2D eigenvalue weighted by molar-refractivity contribution is 9.08. The normalized spacial score (nSPS) is 10.3. The molecule has 0 N–H and O–H groups in total. The van der Waals surface area contributed by atoms with Gasteiger partial charge in [0.05, 0.1) is 0 Å². The van der Waals surface area contributed by atoms with Crippen molar-refractivity contribution in [1.82, 2.24) is 0 Å². The van der Waals surface area contributed by atoms with Crippen LogP contribution in [-0.4, -0.2) is 0 Å². The number of hydrogen-bond donors (Lipinski definition) is 0. The van der Waals surface area contributed by atoms with E-state index < -0.39 is 11.6 Å². The molecule has 0 fully saturated rings. The molecule has 0 amide bonds. The Morgan fingerprint density at radius 2 is 1.75 bits per heavy atom. The average Bonchev–Trinajstić information content (AvgIpc) is 2.03. The zero-order valence-corrected chi connectivity index (χ0v) is 8.00. The molecule has 0 atom stereocenters. The summed E-state index contributed by atoms with van der Waals surface area (Å²) < 4.78 is 26.0. The standard InChI is InChI=1S/C9H8BrF2/c1-2-6-3-8(11)7(5-10)9(12)4-6/h3-4H,1-2,5H2. The first-order chi connectivity index (χ1) is 5.69. The second kappa shape index (κ2) is 3.99. The van der Waals surface area contributed by atoms with Gasteiger partial charge in [0.15, 0.2) is 0 Å². The molecule has 0 saturated carbocycles. The summed E-state index contributed by atoms with van der Waals surface area (Å²) in [5.41, 5.74) is 0.655. The Kier molecular flexibility index (Phi) is 3.20. The Morgan fingerprint density at radius 1 is 1.25 bits per heavy atom. The summed E-state index contributed by atoms with van der Waals surface area (Å²) in [6.07, 6.45) is 0.399. The van der Waals surface area contributed by atoms with E-state index in [0.717, 1.165) is 0 Å². The van der Waals surface area contributed by atoms with Crippen molar-refractivity contribution in [3.8, 4) is 0 Å². The van der Waals surface area contributed by atoms with Gasteiger partial charge in [0.1, 0.15) is 11.6 Å². The van der Waals surface area contributed by atoms with Gasteiger partial charge in [0.25, 0.3) is 0 Å². The van der Waals surface area contributed by atoms with Crippen molar-refractivity contribution in [2.24, 2.45) is 0 Å². The lowest BCUT2D eigenvalue weighted by atomic mass is 10.1. The molecule has 12 heavy (non-hydrogen) atoms. The molecule has 1 rings (SSSR count). The number of halogens is 3. The van der Waals surface area contributed by atoms with Crippen molar-refractivity contribution < 1.29 is 8.78 Å². The highest BCUT2D eigenvalue weighted by Crippen LogP contribution is 2.18. The minimum absolute atomic E-state index is 0.0761. The van der Waals surface area contributed by atoms with Gasteiger partial charge in [-0.3, -0.25) is 0 Å². The number of hydrogen-bond acceptors (Lipinski definition) is 0. The van der Waals surface area contributed by atoms with Gasteiger partial charge in [-0.05, 0) is 31.0 Å². The van der Waals surface area contributed by atoms with E-state index in [1.54, 1.807) is 0 Å². The molecule has 0 saturated heterocycles. The molecule has 65 valence electrons. The van der Waals surface area contributed by atoms with Gasteiger partial charge in [-0.2, -0.15) is 0 Å². The fourth-order valence-corrected chi connectivity index (χ4v) is 1.46. The molecule has 0 unspecified atom stereocenters. The lowest BCUT2D eigenvalue weighted by molar-refractivity contribution is 0.564. The van der Waals surface area contributed by atoms with Crippen LogP contribution in [0.3, 0.4) is 0 Å². The first-order valence-electron chi connectivity index (χ1n) is 3.51. The highest BCUT2D eigenvalue weighted by Gasteiger charge is 2.08. The molecule has 0 bridgehead atoms. The molecule has 0 aliphatic rings. The van der Waals surface area contributed by atoms with E-state index in [1.807, 2.05) is 0 Å². The molecule has 1 radical (unpaired) electrons. The van der Waals surface area contributed by atoms with Crippen molar-refractivity contribution in [3.63, 3.8) is 0 Å². The van der Waals surface area contributed by atoms with Crippen molar-refractivity contribution >= 4 is 15.9 Å². The Hall–Kier alpha value is -0.440. The quantitative estimate of drug-likeness (QED) is 0.689. The van der Waals surface area contributed by atoms with Crippen LogP contribution in [0.4, 0.5) is 8.78 Å². The maximum atomic E-state index is 13.0. The zero-order chi connectivity index (χ0) is 9.14. The Labute approximate surface area is 78.7 Å². The summed E-state index contributed by atoms with van der Waals surface area (Å²) in [6.45, 7) is 3.55. The van der Waals surface area contributed by atoms with E-state index in [0.29, 0.717) is 12.0 Å². The van der Waals surface area contributed by atoms with Crippen LogP contribution >= 0.6 is 15.9 Å². The summed E-state index contributed by atoms with van der Waals surface area (Å²) in [6, 6.07) is 2.62. The molecule has 0 aromatic heterocycles. The SMILES string of the molecule is [CH2]Cc1cc(F)c(CBr)c(F)c1. The summed E-state index contributed by atoms with van der Waals surface area (Å²) in [5.74, 6) is -1.02. The molecule has 1 aromatic rings. The van der Waals surface area contributed by atoms with Crippen LogP contribution in [0.2, 0.25) is 0 Å². The molecule has 1 aromatic carbocycles. The fourth-order valence-electron chi connectivity index (χ4n) is 0.928. The van der Waals surface area contributed by atoms with Crippen molar-refractivity contribution in [1.29, 1.82) is 0 Å². The lowest BCUT2D eigenvalue weighted by Gasteiger charge is -2.03. The number of benzene rings is 1. The van der Waals surface area contributed by atoms with Gasteiger partial charge >= 0.3 is 0 Å². The molecule has 0 aliphatic carbocycles. The molecular weight excluding hydrogens is 226 g/mol. The second-order valence-corrected chi connectivity index (χ2v) is 2.98. The van der Waals surface area contributed by atoms with Gasteiger partial charge in [0.2, 0.25) is 0 Å². The van der Waals surface area contributed by atoms with E-state index in [-0.39, 0.29) is 10.9 Å². The van der Waals surface area contributed by atoms with Crippen molar-refractivity contribution in [2.45, 2.75) is 11.8 Å². The Bertz CT molecular complexity index is 261. The summed E-state index contributed by atoms with van der Waals surface area (Å²) >= 11 is 3.01. The van der Waals surface area contributed by atoms with Gasteiger partial charge in [0, 0.05) is 10.9 Å². The highest BCUT2D eigenvalue weighted by atomic mass is 79.9. The molecule has 0 nitrogen and oxygen atoms in total. The third-order valence-electron chi connectivity index (χ3n) is 1.62. The topological polar surface area (TPSA) is 0 Å². The van der Waals surface area contributed by atoms with E-state index in [1.165, 1.54) is 12.1 Å². The van der Waals surface area contributed by atoms with Crippen LogP contribution in [-0.2, 0) is 11.8 Å². The molecule has 3 heteroatoms. The van der Waals surface area contributed by atoms with Crippen LogP contribution in [0, 0.1) is 18.6 Å². The molecule has 0 heterocycles. The predicted octanol–water partition coefficient (Wildman–Crippen LogP) is 3.24. The average molecular weight is 234 g/mol. The van der Waals surface area contributed by atoms with Gasteiger partial charge in [-0.15, -0.1) is 0 Å². The number of alkyl halides is 1. The van der Waals surface area contributed by atoms with Gasteiger partial charge in [-0.25, -0.2) is 8.78 Å². The van der Waals surface area contributed by atoms with Crippen LogP contribution in [0.25, 0.3) is 0 Å². The minimum atomic E-state index is -0.509. The summed E-state index contributed by atoms with van der Waals surface area (Å²) in [5, 5.41) is 0.197. The van der Waals surface area contributed by atoms with Crippen LogP contribution < -0.4 is 0 Å². The van der Waals surface area contributed by atoms with Crippen LogP contribution in [0.1, 0.15) is 11.1 Å². The van der Waals surface area contributed by atoms with Crippen molar-refractivity contribution in [3.05, 3.63) is 41.8 Å². The predicted molar refractivity (Wildman–Crippen MR) is 48.1 cm³/mol. The zero-order valence-electron chi connectivity index (χ0n) is 6.41. The van der Waals surface area contributed by atoms with E-state index >= 15 is 0 Å². The number of rotatable bonds is 2. The van der Waals surface area contributed by atoms with E-state index in [2.05, 4.69) is 22.9 Å². The largest absolute Gasteiger partial charge is 0.207 e. The monoisotopic (exact) mass is 233 g/mol. The van der Waals surface area contributed by atoms with Gasteiger partial charge < -0.3 is 0 Å². The van der Waals surface area contributed by atoms with Crippen molar-refractivity contribution in [2.75, 3.05) is 0 Å². The van der Waals surface area contributed by atoms with Crippen LogP contribution in [0.5, 0.6) is 0 Å². The molecule has 0 spiro atoms. The van der Waals surface area contributed by atoms with Gasteiger partial charge in [-0.1, -0.05) is 15.9 Å². The second-order valence-electron chi connectivity index (χ2n) is 2.42. The first kappa shape index (κ1) is 9.65. The smallest absolute Gasteiger partial charge is 0.130 e. The Balaban J connectivity index is 3.18. The Morgan fingerprint density at radius 3 is 2.08 bits per heavy atom. The lowest BCUT2D eigenvalue weighted by Crippen LogP contribution is -1.94. The third kappa shape index (κ3) is 1.83. The maximum Gasteiger partial charge on any atom is 0.130 e. The fraction of sp³-hybridized carbons (Fsp3) is 0.222. The van der Waals surface area contributed by atoms with E-state index in [4.69, 9.17) is 0 Å². The first-order valence-corrected chi connectivity index (χ1v) is 4.63. The summed E-state index contributed by atoms with van der Waals surface area (Å²) in [4.78, 5) is 0. The third-order valence-corrected chi connectivity index (χ3v) is 2.18. The minimum Gasteiger partial charge on any atom is -0.207 e. The maximum absolute atomic E-state index is 13.0. The molecule has 0 aliphatic heterocycles. The molecular formula is C9H8BrF2. The van der Waals surface area contributed by atoms with Crippen LogP contribution in [0.15, 0.2) is 12.1 Å². The summed E-state index contributed by atoms with van der Waals surface area (Å²) in [7, 11) is 0. The van der Waals surface area contributed by atoms with E-state index in [9.17, 15) is 8.78 Å².